The number of nitrogens with one attached hydrogen (secondary N) is 1. The predicted octanol–water partition coefficient (Wildman–Crippen LogP) is 0.953. The van der Waals surface area contributed by atoms with Crippen LogP contribution in [0.15, 0.2) is 18.3 Å². The highest BCUT2D eigenvalue weighted by Crippen LogP contribution is 2.22. The van der Waals surface area contributed by atoms with Crippen molar-refractivity contribution in [1.29, 1.82) is 0 Å². The molecule has 0 saturated carbocycles. The van der Waals surface area contributed by atoms with E-state index >= 15 is 0 Å². The second kappa shape index (κ2) is 5.15. The number of nitrogens with two attached hydrogens (primary N) is 1. The zero-order valence-corrected chi connectivity index (χ0v) is 9.87. The van der Waals surface area contributed by atoms with Crippen molar-refractivity contribution in [3.63, 3.8) is 0 Å². The highest BCUT2D eigenvalue weighted by Gasteiger charge is 2.27. The molecule has 90 valence electrons. The third-order valence-electron chi connectivity index (χ3n) is 2.42. The van der Waals surface area contributed by atoms with Gasteiger partial charge in [-0.25, -0.2) is 10.8 Å². The Bertz CT molecular complexity index is 436. The third kappa shape index (κ3) is 2.56. The van der Waals surface area contributed by atoms with Crippen molar-refractivity contribution in [2.24, 2.45) is 5.84 Å². The van der Waals surface area contributed by atoms with Crippen molar-refractivity contribution >= 4 is 28.7 Å². The van der Waals surface area contributed by atoms with Crippen LogP contribution in [0.3, 0.4) is 0 Å². The molecule has 7 heteroatoms. The molecule has 0 spiro atoms. The van der Waals surface area contributed by atoms with Gasteiger partial charge in [-0.2, -0.15) is 0 Å². The van der Waals surface area contributed by atoms with E-state index < -0.39 is 0 Å². The van der Waals surface area contributed by atoms with E-state index in [4.69, 9.17) is 5.84 Å². The fourth-order valence-electron chi connectivity index (χ4n) is 1.56. The second-order valence-corrected chi connectivity index (χ2v) is 4.55. The van der Waals surface area contributed by atoms with Crippen molar-refractivity contribution in [2.75, 3.05) is 11.2 Å². The molecule has 0 radical (unpaired) electrons. The van der Waals surface area contributed by atoms with Gasteiger partial charge in [0.05, 0.1) is 6.54 Å². The first-order chi connectivity index (χ1) is 8.22. The molecule has 0 aliphatic carbocycles. The Hall–Kier alpha value is -1.60. The molecule has 0 atom stereocenters. The number of aromatic nitrogens is 1. The van der Waals surface area contributed by atoms with Crippen LogP contribution >= 0.6 is 11.8 Å². The molecular formula is C10H12N4O2S. The summed E-state index contributed by atoms with van der Waals surface area (Å²) in [4.78, 5) is 28.5. The Morgan fingerprint density at radius 2 is 2.35 bits per heavy atom. The number of pyridine rings is 1. The van der Waals surface area contributed by atoms with Crippen LogP contribution in [-0.2, 0) is 11.3 Å². The Balaban J connectivity index is 2.19. The van der Waals surface area contributed by atoms with E-state index in [-0.39, 0.29) is 17.7 Å². The van der Waals surface area contributed by atoms with Crippen LogP contribution in [-0.4, -0.2) is 26.8 Å². The van der Waals surface area contributed by atoms with Gasteiger partial charge in [0.15, 0.2) is 0 Å². The maximum atomic E-state index is 11.6. The summed E-state index contributed by atoms with van der Waals surface area (Å²) in [6.45, 7) is 0.206. The molecule has 1 aromatic rings. The summed E-state index contributed by atoms with van der Waals surface area (Å²) < 4.78 is 0. The zero-order chi connectivity index (χ0) is 12.3. The molecule has 17 heavy (non-hydrogen) atoms. The number of hydrazine groups is 1. The lowest BCUT2D eigenvalue weighted by molar-refractivity contribution is -0.128. The maximum absolute atomic E-state index is 11.6. The molecule has 1 aliphatic heterocycles. The Morgan fingerprint density at radius 1 is 1.53 bits per heavy atom. The lowest BCUT2D eigenvalue weighted by Crippen LogP contribution is -2.37. The first kappa shape index (κ1) is 11.9. The number of rotatable bonds is 3. The Kier molecular flexibility index (Phi) is 3.60. The average molecular weight is 252 g/mol. The summed E-state index contributed by atoms with van der Waals surface area (Å²) in [5, 5.41) is -0.215. The zero-order valence-electron chi connectivity index (χ0n) is 9.05. The molecule has 0 unspecified atom stereocenters. The fraction of sp³-hybridized carbons (Fsp3) is 0.300. The maximum Gasteiger partial charge on any atom is 0.288 e. The van der Waals surface area contributed by atoms with Crippen molar-refractivity contribution in [2.45, 2.75) is 13.0 Å². The highest BCUT2D eigenvalue weighted by molar-refractivity contribution is 8.13. The first-order valence-electron chi connectivity index (χ1n) is 5.10. The molecule has 6 nitrogen and oxygen atoms in total. The number of nitrogen functional groups attached to an aromatic ring is 1. The number of nitrogens with zero attached hydrogens (tertiary/aromatic N) is 2. The van der Waals surface area contributed by atoms with Gasteiger partial charge in [0, 0.05) is 23.9 Å². The summed E-state index contributed by atoms with van der Waals surface area (Å²) in [7, 11) is 0. The number of carbonyl (C=O) groups is 2. The molecule has 3 N–H and O–H groups in total. The van der Waals surface area contributed by atoms with Gasteiger partial charge in [-0.1, -0.05) is 17.8 Å². The minimum Gasteiger partial charge on any atom is -0.308 e. The minimum atomic E-state index is -0.215. The molecule has 1 aliphatic rings. The van der Waals surface area contributed by atoms with Crippen LogP contribution in [0.5, 0.6) is 0 Å². The predicted molar refractivity (Wildman–Crippen MR) is 65.1 cm³/mol. The van der Waals surface area contributed by atoms with Crippen molar-refractivity contribution < 1.29 is 9.59 Å². The smallest absolute Gasteiger partial charge is 0.288 e. The van der Waals surface area contributed by atoms with E-state index in [0.717, 1.165) is 17.3 Å². The molecule has 0 bridgehead atoms. The van der Waals surface area contributed by atoms with Gasteiger partial charge in [-0.15, -0.1) is 0 Å². The summed E-state index contributed by atoms with van der Waals surface area (Å²) in [5.74, 6) is 6.20. The number of hydrogen-bond donors (Lipinski definition) is 2. The van der Waals surface area contributed by atoms with Crippen LogP contribution in [0.25, 0.3) is 0 Å². The highest BCUT2D eigenvalue weighted by atomic mass is 32.2. The van der Waals surface area contributed by atoms with E-state index in [0.29, 0.717) is 18.0 Å². The number of carbonyl (C=O) groups excluding carboxylic acids is 2. The number of thioether (sulfide) groups is 1. The molecular weight excluding hydrogens is 240 g/mol. The van der Waals surface area contributed by atoms with Gasteiger partial charge in [0.2, 0.25) is 5.91 Å². The Labute approximate surface area is 103 Å². The van der Waals surface area contributed by atoms with Gasteiger partial charge in [0.1, 0.15) is 5.82 Å². The largest absolute Gasteiger partial charge is 0.308 e. The van der Waals surface area contributed by atoms with E-state index in [1.54, 1.807) is 18.3 Å². The lowest BCUT2D eigenvalue weighted by atomic mass is 10.2. The quantitative estimate of drug-likeness (QED) is 0.615. The van der Waals surface area contributed by atoms with Crippen LogP contribution in [0, 0.1) is 0 Å². The van der Waals surface area contributed by atoms with Gasteiger partial charge >= 0.3 is 0 Å². The number of anilines is 1. The van der Waals surface area contributed by atoms with Gasteiger partial charge in [0.25, 0.3) is 5.24 Å². The van der Waals surface area contributed by atoms with Crippen LogP contribution < -0.4 is 11.3 Å². The minimum absolute atomic E-state index is 0.152. The van der Waals surface area contributed by atoms with Gasteiger partial charge in [-0.05, 0) is 6.07 Å². The number of hydrogen-bond acceptors (Lipinski definition) is 6. The average Bonchev–Trinajstić information content (AvgIpc) is 2.34. The van der Waals surface area contributed by atoms with E-state index in [1.807, 2.05) is 0 Å². The second-order valence-electron chi connectivity index (χ2n) is 3.50. The summed E-state index contributed by atoms with van der Waals surface area (Å²) >= 11 is 1.16. The SMILES string of the molecule is NNc1ncccc1CN1C(=O)CCSC1=O. The summed E-state index contributed by atoms with van der Waals surface area (Å²) in [5.41, 5.74) is 3.17. The molecule has 2 rings (SSSR count). The Morgan fingerprint density at radius 3 is 3.06 bits per heavy atom. The van der Waals surface area contributed by atoms with Crippen molar-refractivity contribution in [3.8, 4) is 0 Å². The van der Waals surface area contributed by atoms with E-state index in [9.17, 15) is 9.59 Å². The number of imide groups is 1. The molecule has 1 aromatic heterocycles. The van der Waals surface area contributed by atoms with E-state index in [2.05, 4.69) is 10.4 Å². The lowest BCUT2D eigenvalue weighted by Gasteiger charge is -2.24. The third-order valence-corrected chi connectivity index (χ3v) is 3.29. The standard InChI is InChI=1S/C10H12N4O2S/c11-13-9-7(2-1-4-12-9)6-14-8(15)3-5-17-10(14)16/h1-2,4H,3,5-6,11H2,(H,12,13). The van der Waals surface area contributed by atoms with E-state index in [1.165, 1.54) is 4.90 Å². The number of amides is 2. The van der Waals surface area contributed by atoms with Crippen LogP contribution in [0.2, 0.25) is 0 Å². The van der Waals surface area contributed by atoms with Crippen LogP contribution in [0.1, 0.15) is 12.0 Å². The summed E-state index contributed by atoms with van der Waals surface area (Å²) in [6, 6.07) is 3.52. The van der Waals surface area contributed by atoms with Gasteiger partial charge < -0.3 is 5.43 Å². The molecule has 1 fully saturated rings. The topological polar surface area (TPSA) is 88.3 Å². The molecule has 2 heterocycles. The monoisotopic (exact) mass is 252 g/mol. The molecule has 1 saturated heterocycles. The first-order valence-corrected chi connectivity index (χ1v) is 6.08. The summed E-state index contributed by atoms with van der Waals surface area (Å²) in [6.07, 6.45) is 1.98. The van der Waals surface area contributed by atoms with Crippen molar-refractivity contribution in [3.05, 3.63) is 23.9 Å². The molecule has 2 amide bonds. The fourth-order valence-corrected chi connectivity index (χ4v) is 2.33. The van der Waals surface area contributed by atoms with Crippen LogP contribution in [0.4, 0.5) is 10.6 Å². The van der Waals surface area contributed by atoms with Gasteiger partial charge in [-0.3, -0.25) is 14.5 Å². The normalized spacial score (nSPS) is 16.2. The van der Waals surface area contributed by atoms with Crippen molar-refractivity contribution in [1.82, 2.24) is 9.88 Å². The molecule has 0 aromatic carbocycles.